The van der Waals surface area contributed by atoms with Gasteiger partial charge < -0.3 is 20.0 Å². The Hall–Kier alpha value is -3.69. The van der Waals surface area contributed by atoms with Crippen LogP contribution in [0.4, 0.5) is 24.5 Å². The Kier molecular flexibility index (Phi) is 6.08. The van der Waals surface area contributed by atoms with Crippen LogP contribution in [0.1, 0.15) is 43.8 Å². The molecule has 2 aliphatic heterocycles. The fourth-order valence-corrected chi connectivity index (χ4v) is 5.05. The summed E-state index contributed by atoms with van der Waals surface area (Å²) < 4.78 is 43.5. The van der Waals surface area contributed by atoms with Crippen LogP contribution in [0.15, 0.2) is 60.7 Å². The third kappa shape index (κ3) is 4.08. The summed E-state index contributed by atoms with van der Waals surface area (Å²) in [6.07, 6.45) is -0.366. The van der Waals surface area contributed by atoms with Crippen molar-refractivity contribution in [2.75, 3.05) is 29.5 Å². The summed E-state index contributed by atoms with van der Waals surface area (Å²) in [7, 11) is 0. The highest BCUT2D eigenvalue weighted by Gasteiger charge is 2.56. The van der Waals surface area contributed by atoms with E-state index in [9.17, 15) is 33.0 Å². The summed E-state index contributed by atoms with van der Waals surface area (Å²) in [4.78, 5) is 29.2. The van der Waals surface area contributed by atoms with Gasteiger partial charge in [0.25, 0.3) is 17.7 Å². The van der Waals surface area contributed by atoms with Gasteiger partial charge in [0.05, 0.1) is 12.3 Å². The van der Waals surface area contributed by atoms with E-state index < -0.39 is 36.3 Å². The summed E-state index contributed by atoms with van der Waals surface area (Å²) >= 11 is 0. The molecule has 0 unspecified atom stereocenters. The van der Waals surface area contributed by atoms with Crippen LogP contribution in [-0.2, 0) is 12.0 Å². The van der Waals surface area contributed by atoms with Gasteiger partial charge in [-0.3, -0.25) is 9.59 Å². The van der Waals surface area contributed by atoms with Gasteiger partial charge in [-0.2, -0.15) is 0 Å². The molecule has 9 heteroatoms. The fourth-order valence-electron chi connectivity index (χ4n) is 5.05. The van der Waals surface area contributed by atoms with Crippen LogP contribution in [0.5, 0.6) is 0 Å². The summed E-state index contributed by atoms with van der Waals surface area (Å²) in [5.74, 6) is -4.90. The predicted octanol–water partition coefficient (Wildman–Crippen LogP) is 4.20. The highest BCUT2D eigenvalue weighted by Crippen LogP contribution is 2.47. The molecular weight excluding hydrogens is 485 g/mol. The molecule has 2 amide bonds. The zero-order chi connectivity index (χ0) is 26.5. The third-order valence-corrected chi connectivity index (χ3v) is 7.19. The maximum Gasteiger partial charge on any atom is 0.284 e. The number of aryl methyl sites for hydroxylation is 1. The van der Waals surface area contributed by atoms with Crippen molar-refractivity contribution in [3.05, 3.63) is 94.3 Å². The second-order valence-corrected chi connectivity index (χ2v) is 9.51. The zero-order valence-electron chi connectivity index (χ0n) is 20.0. The van der Waals surface area contributed by atoms with Gasteiger partial charge in [0.15, 0.2) is 5.60 Å². The van der Waals surface area contributed by atoms with Crippen LogP contribution in [0, 0.1) is 12.7 Å². The van der Waals surface area contributed by atoms with Crippen molar-refractivity contribution >= 4 is 23.2 Å². The molecule has 0 bridgehead atoms. The fraction of sp³-hybridized carbons (Fsp3) is 0.286. The number of benzene rings is 3. The van der Waals surface area contributed by atoms with Crippen LogP contribution >= 0.6 is 0 Å². The monoisotopic (exact) mass is 510 g/mol. The molecule has 0 aromatic heterocycles. The summed E-state index contributed by atoms with van der Waals surface area (Å²) in [5, 5.41) is 20.6. The number of aliphatic hydroxyl groups is 2. The molecule has 2 N–H and O–H groups in total. The molecule has 192 valence electrons. The topological polar surface area (TPSA) is 81.1 Å². The molecule has 2 aliphatic rings. The van der Waals surface area contributed by atoms with Crippen molar-refractivity contribution in [3.8, 4) is 0 Å². The average Bonchev–Trinajstić information content (AvgIpc) is 2.96. The molecule has 0 spiro atoms. The van der Waals surface area contributed by atoms with Gasteiger partial charge in [0, 0.05) is 41.9 Å². The van der Waals surface area contributed by atoms with Crippen molar-refractivity contribution in [1.82, 2.24) is 0 Å². The SMILES string of the molecule is Cc1ccc2c(c1)[C@@](O)(CO)C(F)(F)CCN2C(=O)c1ccc(N2CCc3cc(F)ccc3C2=O)cc1. The molecule has 3 aromatic carbocycles. The number of nitrogens with zero attached hydrogens (tertiary/aromatic N) is 2. The number of amides is 2. The minimum Gasteiger partial charge on any atom is -0.393 e. The third-order valence-electron chi connectivity index (χ3n) is 7.19. The number of carbonyl (C=O) groups is 2. The Morgan fingerprint density at radius 1 is 1.03 bits per heavy atom. The van der Waals surface area contributed by atoms with Gasteiger partial charge >= 0.3 is 0 Å². The van der Waals surface area contributed by atoms with Crippen molar-refractivity contribution in [2.45, 2.75) is 31.3 Å². The summed E-state index contributed by atoms with van der Waals surface area (Å²) in [5.41, 5.74) is -0.537. The molecule has 6 nitrogen and oxygen atoms in total. The van der Waals surface area contributed by atoms with E-state index >= 15 is 0 Å². The maximum absolute atomic E-state index is 15.0. The first-order valence-electron chi connectivity index (χ1n) is 11.9. The van der Waals surface area contributed by atoms with Gasteiger partial charge in [0.1, 0.15) is 5.82 Å². The molecular formula is C28H25F3N2O4. The molecule has 0 fully saturated rings. The van der Waals surface area contributed by atoms with Crippen LogP contribution in [-0.4, -0.2) is 47.6 Å². The Balaban J connectivity index is 1.45. The van der Waals surface area contributed by atoms with Crippen LogP contribution in [0.3, 0.4) is 0 Å². The molecule has 3 aromatic rings. The van der Waals surface area contributed by atoms with Crippen LogP contribution < -0.4 is 9.80 Å². The first-order chi connectivity index (χ1) is 17.6. The normalized spacial score (nSPS) is 20.8. The van der Waals surface area contributed by atoms with Crippen molar-refractivity contribution in [2.24, 2.45) is 0 Å². The molecule has 37 heavy (non-hydrogen) atoms. The summed E-state index contributed by atoms with van der Waals surface area (Å²) in [6.45, 7) is 0.440. The second-order valence-electron chi connectivity index (χ2n) is 9.51. The standard InChI is InChI=1S/C28H25F3N2O4/c1-17-2-9-24-23(14-17)27(37,16-34)28(30,31)11-13-33(24)25(35)18-3-6-21(7-4-18)32-12-10-19-15-20(29)5-8-22(19)26(32)36/h2-9,14-15,34,37H,10-13,16H2,1H3/t27-/m0/s1. The number of aliphatic hydroxyl groups excluding tert-OH is 1. The molecule has 5 rings (SSSR count). The lowest BCUT2D eigenvalue weighted by molar-refractivity contribution is -0.205. The first-order valence-corrected chi connectivity index (χ1v) is 11.9. The predicted molar refractivity (Wildman–Crippen MR) is 132 cm³/mol. The lowest BCUT2D eigenvalue weighted by Crippen LogP contribution is -2.48. The minimum absolute atomic E-state index is 0.100. The zero-order valence-corrected chi connectivity index (χ0v) is 20.0. The lowest BCUT2D eigenvalue weighted by atomic mass is 9.85. The highest BCUT2D eigenvalue weighted by atomic mass is 19.3. The molecule has 0 aliphatic carbocycles. The van der Waals surface area contributed by atoms with Crippen molar-refractivity contribution in [1.29, 1.82) is 0 Å². The van der Waals surface area contributed by atoms with Crippen molar-refractivity contribution in [3.63, 3.8) is 0 Å². The number of anilines is 2. The van der Waals surface area contributed by atoms with Gasteiger partial charge in [-0.25, -0.2) is 13.2 Å². The molecule has 0 radical (unpaired) electrons. The van der Waals surface area contributed by atoms with Crippen molar-refractivity contribution < 1.29 is 33.0 Å². The summed E-state index contributed by atoms with van der Waals surface area (Å²) in [6, 6.07) is 14.8. The number of rotatable bonds is 3. The van der Waals surface area contributed by atoms with E-state index in [1.165, 1.54) is 47.4 Å². The number of hydrogen-bond donors (Lipinski definition) is 2. The largest absolute Gasteiger partial charge is 0.393 e. The Morgan fingerprint density at radius 2 is 1.76 bits per heavy atom. The maximum atomic E-state index is 15.0. The van der Waals surface area contributed by atoms with E-state index in [4.69, 9.17) is 0 Å². The Labute approximate surface area is 211 Å². The van der Waals surface area contributed by atoms with E-state index in [1.54, 1.807) is 30.0 Å². The number of fused-ring (bicyclic) bond motifs is 2. The van der Waals surface area contributed by atoms with Gasteiger partial charge in [0.2, 0.25) is 0 Å². The highest BCUT2D eigenvalue weighted by molar-refractivity contribution is 6.09. The quantitative estimate of drug-likeness (QED) is 0.554. The van der Waals surface area contributed by atoms with Crippen LogP contribution in [0.2, 0.25) is 0 Å². The average molecular weight is 511 g/mol. The van der Waals surface area contributed by atoms with Gasteiger partial charge in [-0.05, 0) is 67.4 Å². The smallest absolute Gasteiger partial charge is 0.284 e. The second kappa shape index (κ2) is 9.00. The lowest BCUT2D eigenvalue weighted by Gasteiger charge is -2.33. The first kappa shape index (κ1) is 25.0. The van der Waals surface area contributed by atoms with Crippen LogP contribution in [0.25, 0.3) is 0 Å². The van der Waals surface area contributed by atoms with E-state index in [0.717, 1.165) is 0 Å². The molecule has 0 saturated carbocycles. The van der Waals surface area contributed by atoms with E-state index in [-0.39, 0.29) is 29.3 Å². The molecule has 0 saturated heterocycles. The van der Waals surface area contributed by atoms with E-state index in [0.29, 0.717) is 35.3 Å². The number of halogens is 3. The molecule has 2 heterocycles. The van der Waals surface area contributed by atoms with Gasteiger partial charge in [-0.1, -0.05) is 17.7 Å². The number of hydrogen-bond acceptors (Lipinski definition) is 4. The molecule has 1 atom stereocenters. The van der Waals surface area contributed by atoms with Gasteiger partial charge in [-0.15, -0.1) is 0 Å². The Bertz CT molecular complexity index is 1390. The Morgan fingerprint density at radius 3 is 2.46 bits per heavy atom. The van der Waals surface area contributed by atoms with E-state index in [2.05, 4.69) is 0 Å². The van der Waals surface area contributed by atoms with E-state index in [1.807, 2.05) is 0 Å². The number of alkyl halides is 2. The minimum atomic E-state index is -3.67. The number of carbonyl (C=O) groups excluding carboxylic acids is 2.